The molecule has 1 aromatic heterocycles. The molecule has 140 valence electrons. The molecule has 2 aromatic rings. The van der Waals surface area contributed by atoms with Crippen molar-refractivity contribution in [3.05, 3.63) is 41.3 Å². The highest BCUT2D eigenvalue weighted by atomic mass is 16.5. The maximum atomic E-state index is 12.8. The average Bonchev–Trinajstić information content (AvgIpc) is 3.04. The third-order valence-electron chi connectivity index (χ3n) is 4.47. The molecule has 0 bridgehead atoms. The summed E-state index contributed by atoms with van der Waals surface area (Å²) >= 11 is 0. The molecule has 1 fully saturated rings. The van der Waals surface area contributed by atoms with Gasteiger partial charge in [0.1, 0.15) is 17.9 Å². The monoisotopic (exact) mass is 358 g/mol. The third kappa shape index (κ3) is 4.25. The molecular weight excluding hydrogens is 332 g/mol. The highest BCUT2D eigenvalue weighted by Gasteiger charge is 2.23. The van der Waals surface area contributed by atoms with Gasteiger partial charge in [0.2, 0.25) is 0 Å². The summed E-state index contributed by atoms with van der Waals surface area (Å²) in [6.07, 6.45) is 3.39. The number of para-hydroxylation sites is 2. The number of aryl methyl sites for hydroxylation is 1. The Morgan fingerprint density at radius 3 is 2.88 bits per heavy atom. The minimum absolute atomic E-state index is 0.0758. The van der Waals surface area contributed by atoms with E-state index in [1.807, 2.05) is 38.1 Å². The zero-order valence-corrected chi connectivity index (χ0v) is 15.6. The molecule has 3 rings (SSSR count). The Kier molecular flexibility index (Phi) is 5.93. The second-order valence-corrected chi connectivity index (χ2v) is 6.91. The summed E-state index contributed by atoms with van der Waals surface area (Å²) in [5.74, 6) is 1.06. The molecule has 0 saturated carbocycles. The van der Waals surface area contributed by atoms with Gasteiger partial charge in [-0.3, -0.25) is 4.79 Å². The Bertz CT molecular complexity index is 748. The molecule has 0 spiro atoms. The van der Waals surface area contributed by atoms with E-state index in [9.17, 15) is 4.79 Å². The molecule has 0 unspecified atom stereocenters. The lowest BCUT2D eigenvalue weighted by molar-refractivity contribution is -0.0109. The Morgan fingerprint density at radius 2 is 2.15 bits per heavy atom. The number of nitrogens with zero attached hydrogens (tertiary/aromatic N) is 1. The highest BCUT2D eigenvalue weighted by Crippen LogP contribution is 2.28. The van der Waals surface area contributed by atoms with E-state index in [0.29, 0.717) is 35.1 Å². The van der Waals surface area contributed by atoms with Gasteiger partial charge in [-0.15, -0.1) is 0 Å². The first-order chi connectivity index (χ1) is 12.6. The molecule has 6 heteroatoms. The van der Waals surface area contributed by atoms with Crippen LogP contribution in [0.3, 0.4) is 0 Å². The van der Waals surface area contributed by atoms with Gasteiger partial charge >= 0.3 is 0 Å². The number of aromatic nitrogens is 1. The smallest absolute Gasteiger partial charge is 0.261 e. The largest absolute Gasteiger partial charge is 0.489 e. The third-order valence-corrected chi connectivity index (χ3v) is 4.47. The summed E-state index contributed by atoms with van der Waals surface area (Å²) in [5.41, 5.74) is 1.70. The summed E-state index contributed by atoms with van der Waals surface area (Å²) in [6, 6.07) is 7.43. The van der Waals surface area contributed by atoms with Crippen molar-refractivity contribution in [3.8, 4) is 5.75 Å². The maximum absolute atomic E-state index is 12.8. The second kappa shape index (κ2) is 8.36. The normalized spacial score (nSPS) is 17.3. The summed E-state index contributed by atoms with van der Waals surface area (Å²) in [7, 11) is 0. The van der Waals surface area contributed by atoms with Gasteiger partial charge in [-0.1, -0.05) is 31.1 Å². The van der Waals surface area contributed by atoms with E-state index in [0.717, 1.165) is 25.9 Å². The fourth-order valence-corrected chi connectivity index (χ4v) is 3.06. The van der Waals surface area contributed by atoms with Crippen molar-refractivity contribution in [2.24, 2.45) is 0 Å². The van der Waals surface area contributed by atoms with Gasteiger partial charge < -0.3 is 19.3 Å². The van der Waals surface area contributed by atoms with E-state index >= 15 is 0 Å². The summed E-state index contributed by atoms with van der Waals surface area (Å²) in [6.45, 7) is 6.98. The zero-order valence-electron chi connectivity index (χ0n) is 15.6. The van der Waals surface area contributed by atoms with Crippen LogP contribution in [0.2, 0.25) is 0 Å². The molecule has 1 aliphatic heterocycles. The molecule has 0 aliphatic carbocycles. The number of anilines is 1. The van der Waals surface area contributed by atoms with Crippen LogP contribution in [-0.4, -0.2) is 30.4 Å². The summed E-state index contributed by atoms with van der Waals surface area (Å²) < 4.78 is 16.9. The first kappa shape index (κ1) is 18.5. The topological polar surface area (TPSA) is 73.6 Å². The molecule has 1 amide bonds. The van der Waals surface area contributed by atoms with Crippen LogP contribution in [0, 0.1) is 6.92 Å². The molecule has 1 aromatic carbocycles. The molecular formula is C20H26N2O4. The number of hydrogen-bond acceptors (Lipinski definition) is 5. The molecule has 1 atom stereocenters. The van der Waals surface area contributed by atoms with Crippen LogP contribution in [-0.2, 0) is 4.74 Å². The van der Waals surface area contributed by atoms with E-state index in [1.54, 1.807) is 6.92 Å². The van der Waals surface area contributed by atoms with E-state index < -0.39 is 0 Å². The Morgan fingerprint density at radius 1 is 1.35 bits per heavy atom. The lowest BCUT2D eigenvalue weighted by atomic mass is 10.0. The van der Waals surface area contributed by atoms with Crippen molar-refractivity contribution >= 4 is 11.6 Å². The predicted molar refractivity (Wildman–Crippen MR) is 98.8 cm³/mol. The number of carbonyl (C=O) groups excluding carboxylic acids is 1. The summed E-state index contributed by atoms with van der Waals surface area (Å²) in [5, 5.41) is 6.87. The van der Waals surface area contributed by atoms with Crippen molar-refractivity contribution in [2.75, 3.05) is 18.5 Å². The van der Waals surface area contributed by atoms with Gasteiger partial charge in [-0.2, -0.15) is 0 Å². The Labute approximate surface area is 153 Å². The molecule has 1 saturated heterocycles. The summed E-state index contributed by atoms with van der Waals surface area (Å²) in [4.78, 5) is 12.8. The minimum atomic E-state index is -0.239. The zero-order chi connectivity index (χ0) is 18.5. The van der Waals surface area contributed by atoms with Gasteiger partial charge in [0.05, 0.1) is 17.5 Å². The van der Waals surface area contributed by atoms with Crippen molar-refractivity contribution in [1.82, 2.24) is 5.16 Å². The fraction of sp³-hybridized carbons (Fsp3) is 0.500. The van der Waals surface area contributed by atoms with Crippen LogP contribution < -0.4 is 10.1 Å². The number of hydrogen-bond donors (Lipinski definition) is 1. The average molecular weight is 358 g/mol. The van der Waals surface area contributed by atoms with E-state index in [2.05, 4.69) is 10.5 Å². The van der Waals surface area contributed by atoms with E-state index in [4.69, 9.17) is 14.0 Å². The molecule has 6 nitrogen and oxygen atoms in total. The quantitative estimate of drug-likeness (QED) is 0.833. The van der Waals surface area contributed by atoms with Crippen LogP contribution in [0.4, 0.5) is 5.69 Å². The van der Waals surface area contributed by atoms with Crippen LogP contribution >= 0.6 is 0 Å². The molecule has 26 heavy (non-hydrogen) atoms. The minimum Gasteiger partial charge on any atom is -0.489 e. The van der Waals surface area contributed by atoms with E-state index in [1.165, 1.54) is 0 Å². The first-order valence-corrected chi connectivity index (χ1v) is 9.17. The van der Waals surface area contributed by atoms with Crippen molar-refractivity contribution < 1.29 is 18.8 Å². The van der Waals surface area contributed by atoms with Crippen molar-refractivity contribution in [3.63, 3.8) is 0 Å². The standard InChI is InChI=1S/C20H26N2O4/c1-13(2)19-18(14(3)22-26-19)20(23)21-16-9-4-5-10-17(16)25-12-15-8-6-7-11-24-15/h4-5,9-10,13,15H,6-8,11-12H2,1-3H3,(H,21,23)/t15-/m0/s1. The number of carbonyl (C=O) groups is 1. The van der Waals surface area contributed by atoms with Crippen molar-refractivity contribution in [1.29, 1.82) is 0 Å². The van der Waals surface area contributed by atoms with Gasteiger partial charge in [0.25, 0.3) is 5.91 Å². The van der Waals surface area contributed by atoms with Crippen LogP contribution in [0.15, 0.2) is 28.8 Å². The van der Waals surface area contributed by atoms with Crippen LogP contribution in [0.25, 0.3) is 0 Å². The Balaban J connectivity index is 1.72. The predicted octanol–water partition coefficient (Wildman–Crippen LogP) is 4.31. The van der Waals surface area contributed by atoms with E-state index in [-0.39, 0.29) is 17.9 Å². The fourth-order valence-electron chi connectivity index (χ4n) is 3.06. The van der Waals surface area contributed by atoms with Gasteiger partial charge in [0, 0.05) is 12.5 Å². The number of ether oxygens (including phenoxy) is 2. The number of benzene rings is 1. The first-order valence-electron chi connectivity index (χ1n) is 9.17. The molecule has 2 heterocycles. The Hall–Kier alpha value is -2.34. The van der Waals surface area contributed by atoms with Gasteiger partial charge in [-0.25, -0.2) is 0 Å². The maximum Gasteiger partial charge on any atom is 0.261 e. The number of rotatable bonds is 6. The molecule has 0 radical (unpaired) electrons. The van der Waals surface area contributed by atoms with Crippen LogP contribution in [0.5, 0.6) is 5.75 Å². The highest BCUT2D eigenvalue weighted by molar-refractivity contribution is 6.06. The molecule has 1 aliphatic rings. The lowest BCUT2D eigenvalue weighted by Crippen LogP contribution is -2.26. The SMILES string of the molecule is Cc1noc(C(C)C)c1C(=O)Nc1ccccc1OC[C@@H]1CCCCO1. The molecule has 1 N–H and O–H groups in total. The van der Waals surface area contributed by atoms with Gasteiger partial charge in [-0.05, 0) is 38.3 Å². The number of amides is 1. The van der Waals surface area contributed by atoms with Gasteiger partial charge in [0.15, 0.2) is 5.76 Å². The van der Waals surface area contributed by atoms with Crippen LogP contribution in [0.1, 0.15) is 60.8 Å². The lowest BCUT2D eigenvalue weighted by Gasteiger charge is -2.23. The number of nitrogens with one attached hydrogen (secondary N) is 1. The second-order valence-electron chi connectivity index (χ2n) is 6.91. The van der Waals surface area contributed by atoms with Crippen molar-refractivity contribution in [2.45, 2.75) is 52.1 Å².